The second kappa shape index (κ2) is 3.39. The van der Waals surface area contributed by atoms with Crippen molar-refractivity contribution in [1.29, 1.82) is 0 Å². The maximum absolute atomic E-state index is 12.5. The lowest BCUT2D eigenvalue weighted by molar-refractivity contribution is -0.137. The van der Waals surface area contributed by atoms with Crippen LogP contribution in [0.2, 0.25) is 5.02 Å². The molecule has 2 rings (SSSR count). The molecule has 1 N–H and O–H groups in total. The van der Waals surface area contributed by atoms with E-state index in [1.54, 1.807) is 0 Å². The molecule has 1 aromatic rings. The number of hydrogen-bond donors (Lipinski definition) is 1. The van der Waals surface area contributed by atoms with Gasteiger partial charge in [-0.1, -0.05) is 17.7 Å². The van der Waals surface area contributed by atoms with Gasteiger partial charge in [0.25, 0.3) is 0 Å². The van der Waals surface area contributed by atoms with Crippen LogP contribution in [0.25, 0.3) is 0 Å². The maximum Gasteiger partial charge on any atom is 0.417 e. The van der Waals surface area contributed by atoms with Crippen molar-refractivity contribution in [2.24, 2.45) is 0 Å². The molecule has 1 aliphatic carbocycles. The average Bonchev–Trinajstić information content (AvgIpc) is 2.47. The molecule has 1 nitrogen and oxygen atoms in total. The summed E-state index contributed by atoms with van der Waals surface area (Å²) < 4.78 is 37.4. The molecule has 0 spiro atoms. The molecule has 82 valence electrons. The normalized spacial score (nSPS) is 20.5. The SMILES string of the molecule is O[C@H]1CCc2c1ccc(C(F)(F)F)c2Cl. The number of rotatable bonds is 0. The fourth-order valence-electron chi connectivity index (χ4n) is 1.86. The largest absolute Gasteiger partial charge is 0.417 e. The molecular weight excluding hydrogens is 229 g/mol. The van der Waals surface area contributed by atoms with Gasteiger partial charge in [0.1, 0.15) is 0 Å². The van der Waals surface area contributed by atoms with E-state index in [-0.39, 0.29) is 5.02 Å². The van der Waals surface area contributed by atoms with Crippen LogP contribution in [-0.2, 0) is 12.6 Å². The Kier molecular flexibility index (Phi) is 2.43. The predicted molar refractivity (Wildman–Crippen MR) is 49.7 cm³/mol. The predicted octanol–water partition coefficient (Wildman–Crippen LogP) is 3.34. The van der Waals surface area contributed by atoms with Crippen molar-refractivity contribution in [1.82, 2.24) is 0 Å². The smallest absolute Gasteiger partial charge is 0.388 e. The molecule has 0 heterocycles. The molecule has 0 aliphatic heterocycles. The van der Waals surface area contributed by atoms with E-state index in [9.17, 15) is 18.3 Å². The first-order valence-corrected chi connectivity index (χ1v) is 4.85. The van der Waals surface area contributed by atoms with Crippen molar-refractivity contribution in [3.05, 3.63) is 33.8 Å². The van der Waals surface area contributed by atoms with E-state index < -0.39 is 17.8 Å². The number of alkyl halides is 3. The molecule has 1 aliphatic rings. The lowest BCUT2D eigenvalue weighted by atomic mass is 10.1. The number of hydrogen-bond acceptors (Lipinski definition) is 1. The van der Waals surface area contributed by atoms with Crippen molar-refractivity contribution in [3.63, 3.8) is 0 Å². The highest BCUT2D eigenvalue weighted by atomic mass is 35.5. The molecule has 0 unspecified atom stereocenters. The summed E-state index contributed by atoms with van der Waals surface area (Å²) in [5, 5.41) is 9.19. The highest BCUT2D eigenvalue weighted by molar-refractivity contribution is 6.32. The van der Waals surface area contributed by atoms with Crippen LogP contribution in [0.3, 0.4) is 0 Å². The van der Waals surface area contributed by atoms with Crippen LogP contribution in [0.5, 0.6) is 0 Å². The second-order valence-electron chi connectivity index (χ2n) is 3.55. The minimum Gasteiger partial charge on any atom is -0.388 e. The number of benzene rings is 1. The van der Waals surface area contributed by atoms with Gasteiger partial charge in [0.05, 0.1) is 16.7 Å². The Morgan fingerprint density at radius 2 is 2.00 bits per heavy atom. The first-order chi connectivity index (χ1) is 6.91. The van der Waals surface area contributed by atoms with E-state index >= 15 is 0 Å². The second-order valence-corrected chi connectivity index (χ2v) is 3.93. The van der Waals surface area contributed by atoms with Gasteiger partial charge >= 0.3 is 6.18 Å². The lowest BCUT2D eigenvalue weighted by Gasteiger charge is -2.12. The Bertz CT molecular complexity index is 400. The van der Waals surface area contributed by atoms with E-state index in [1.807, 2.05) is 0 Å². The summed E-state index contributed by atoms with van der Waals surface area (Å²) in [5.41, 5.74) is 0.129. The summed E-state index contributed by atoms with van der Waals surface area (Å²) in [7, 11) is 0. The van der Waals surface area contributed by atoms with Crippen molar-refractivity contribution < 1.29 is 18.3 Å². The fourth-order valence-corrected chi connectivity index (χ4v) is 2.23. The monoisotopic (exact) mass is 236 g/mol. The third-order valence-corrected chi connectivity index (χ3v) is 3.04. The van der Waals surface area contributed by atoms with E-state index in [2.05, 4.69) is 0 Å². The zero-order valence-electron chi connectivity index (χ0n) is 7.61. The summed E-state index contributed by atoms with van der Waals surface area (Å²) in [6, 6.07) is 2.23. The molecule has 5 heteroatoms. The standard InChI is InChI=1S/C10H8ClF3O/c11-9-6-2-4-8(15)5(6)1-3-7(9)10(12,13)14/h1,3,8,15H,2,4H2/t8-/m0/s1. The van der Waals surface area contributed by atoms with Crippen LogP contribution in [0, 0.1) is 0 Å². The summed E-state index contributed by atoms with van der Waals surface area (Å²) in [6.45, 7) is 0. The first kappa shape index (κ1) is 10.8. The number of halogens is 4. The average molecular weight is 237 g/mol. The van der Waals surface area contributed by atoms with E-state index in [0.717, 1.165) is 6.07 Å². The van der Waals surface area contributed by atoms with Gasteiger partial charge in [-0.15, -0.1) is 0 Å². The molecular formula is C10H8ClF3O. The number of aliphatic hydroxyl groups is 1. The molecule has 0 bridgehead atoms. The first-order valence-electron chi connectivity index (χ1n) is 4.48. The highest BCUT2D eigenvalue weighted by Crippen LogP contribution is 2.42. The van der Waals surface area contributed by atoms with E-state index in [1.165, 1.54) is 6.07 Å². The summed E-state index contributed by atoms with van der Waals surface area (Å²) in [4.78, 5) is 0. The molecule has 15 heavy (non-hydrogen) atoms. The summed E-state index contributed by atoms with van der Waals surface area (Å²) in [6.07, 6.45) is -4.27. The topological polar surface area (TPSA) is 20.2 Å². The Balaban J connectivity index is 2.56. The zero-order valence-corrected chi connectivity index (χ0v) is 8.36. The van der Waals surface area contributed by atoms with E-state index in [0.29, 0.717) is 24.0 Å². The van der Waals surface area contributed by atoms with Crippen molar-refractivity contribution in [2.45, 2.75) is 25.1 Å². The van der Waals surface area contributed by atoms with Crippen LogP contribution in [0.4, 0.5) is 13.2 Å². The molecule has 0 saturated carbocycles. The van der Waals surface area contributed by atoms with Gasteiger partial charge in [-0.05, 0) is 30.0 Å². The molecule has 0 fully saturated rings. The zero-order chi connectivity index (χ0) is 11.2. The fraction of sp³-hybridized carbons (Fsp3) is 0.400. The Hall–Kier alpha value is -0.740. The van der Waals surface area contributed by atoms with Gasteiger partial charge in [0.15, 0.2) is 0 Å². The van der Waals surface area contributed by atoms with Gasteiger partial charge in [-0.2, -0.15) is 13.2 Å². The highest BCUT2D eigenvalue weighted by Gasteiger charge is 2.36. The van der Waals surface area contributed by atoms with Crippen molar-refractivity contribution in [3.8, 4) is 0 Å². The minimum atomic E-state index is -4.43. The van der Waals surface area contributed by atoms with E-state index in [4.69, 9.17) is 11.6 Å². The quantitative estimate of drug-likeness (QED) is 0.733. The number of aliphatic hydroxyl groups excluding tert-OH is 1. The summed E-state index contributed by atoms with van der Waals surface area (Å²) in [5.74, 6) is 0. The van der Waals surface area contributed by atoms with Crippen LogP contribution in [-0.4, -0.2) is 5.11 Å². The third kappa shape index (κ3) is 1.72. The molecule has 0 aromatic heterocycles. The minimum absolute atomic E-state index is 0.267. The molecule has 0 radical (unpaired) electrons. The van der Waals surface area contributed by atoms with Crippen LogP contribution in [0.1, 0.15) is 29.2 Å². The lowest BCUT2D eigenvalue weighted by Crippen LogP contribution is -2.07. The third-order valence-electron chi connectivity index (χ3n) is 2.61. The molecule has 1 aromatic carbocycles. The van der Waals surface area contributed by atoms with Gasteiger partial charge in [-0.25, -0.2) is 0 Å². The van der Waals surface area contributed by atoms with Crippen molar-refractivity contribution in [2.75, 3.05) is 0 Å². The number of fused-ring (bicyclic) bond motifs is 1. The van der Waals surface area contributed by atoms with Crippen LogP contribution >= 0.6 is 11.6 Å². The molecule has 1 atom stereocenters. The summed E-state index contributed by atoms with van der Waals surface area (Å²) >= 11 is 5.67. The Labute approximate surface area is 89.5 Å². The van der Waals surface area contributed by atoms with Crippen LogP contribution < -0.4 is 0 Å². The van der Waals surface area contributed by atoms with Gasteiger partial charge < -0.3 is 5.11 Å². The van der Waals surface area contributed by atoms with Crippen LogP contribution in [0.15, 0.2) is 12.1 Å². The van der Waals surface area contributed by atoms with Crippen molar-refractivity contribution >= 4 is 11.6 Å². The Morgan fingerprint density at radius 1 is 1.33 bits per heavy atom. The Morgan fingerprint density at radius 3 is 2.60 bits per heavy atom. The van der Waals surface area contributed by atoms with Gasteiger partial charge in [0.2, 0.25) is 0 Å². The maximum atomic E-state index is 12.5. The molecule has 0 amide bonds. The van der Waals surface area contributed by atoms with Gasteiger partial charge in [-0.3, -0.25) is 0 Å². The molecule has 0 saturated heterocycles. The van der Waals surface area contributed by atoms with Gasteiger partial charge in [0, 0.05) is 0 Å².